The summed E-state index contributed by atoms with van der Waals surface area (Å²) in [6, 6.07) is 2.18. The molecule has 0 radical (unpaired) electrons. The number of rotatable bonds is 5. The molecule has 1 aromatic rings. The van der Waals surface area contributed by atoms with Gasteiger partial charge in [-0.3, -0.25) is 9.69 Å². The van der Waals surface area contributed by atoms with Crippen LogP contribution in [0, 0.1) is 5.92 Å². The van der Waals surface area contributed by atoms with Gasteiger partial charge in [0.1, 0.15) is 0 Å². The van der Waals surface area contributed by atoms with Crippen LogP contribution in [0.4, 0.5) is 0 Å². The Labute approximate surface area is 127 Å². The van der Waals surface area contributed by atoms with Crippen molar-refractivity contribution in [2.75, 3.05) is 6.54 Å². The molecule has 0 amide bonds. The van der Waals surface area contributed by atoms with E-state index in [1.807, 2.05) is 0 Å². The standard InChI is InChI=1S/C17H28N2O2/c1-13(2)7-9-19-12-17(21)16(20)10-15(19)11-18-8-5-4-6-14(18)3/h10,12-14,21H,4-9,11H2,1-3H3. The van der Waals surface area contributed by atoms with Gasteiger partial charge in [0.25, 0.3) is 0 Å². The first-order chi connectivity index (χ1) is 9.97. The molecule has 4 heteroatoms. The van der Waals surface area contributed by atoms with E-state index in [4.69, 9.17) is 0 Å². The van der Waals surface area contributed by atoms with Gasteiger partial charge in [-0.25, -0.2) is 0 Å². The third kappa shape index (κ3) is 4.34. The summed E-state index contributed by atoms with van der Waals surface area (Å²) >= 11 is 0. The van der Waals surface area contributed by atoms with Gasteiger partial charge < -0.3 is 9.67 Å². The van der Waals surface area contributed by atoms with Crippen molar-refractivity contribution in [2.45, 2.75) is 65.6 Å². The zero-order valence-corrected chi connectivity index (χ0v) is 13.5. The van der Waals surface area contributed by atoms with Crippen molar-refractivity contribution in [3.8, 4) is 5.75 Å². The molecule has 0 aromatic carbocycles. The number of likely N-dealkylation sites (tertiary alicyclic amines) is 1. The van der Waals surface area contributed by atoms with Crippen LogP contribution in [0.3, 0.4) is 0 Å². The quantitative estimate of drug-likeness (QED) is 0.907. The SMILES string of the molecule is CC(C)CCn1cc(O)c(=O)cc1CN1CCCCC1C. The Morgan fingerprint density at radius 3 is 2.81 bits per heavy atom. The van der Waals surface area contributed by atoms with Crippen LogP contribution < -0.4 is 5.43 Å². The van der Waals surface area contributed by atoms with E-state index in [1.165, 1.54) is 19.3 Å². The number of hydrogen-bond acceptors (Lipinski definition) is 3. The predicted octanol–water partition coefficient (Wildman–Crippen LogP) is 2.97. The number of aromatic hydroxyl groups is 1. The van der Waals surface area contributed by atoms with Gasteiger partial charge in [-0.2, -0.15) is 0 Å². The van der Waals surface area contributed by atoms with Crippen molar-refractivity contribution in [1.82, 2.24) is 9.47 Å². The van der Waals surface area contributed by atoms with E-state index < -0.39 is 0 Å². The average molecular weight is 292 g/mol. The first-order valence-electron chi connectivity index (χ1n) is 8.13. The summed E-state index contributed by atoms with van der Waals surface area (Å²) in [5, 5.41) is 9.70. The van der Waals surface area contributed by atoms with Crippen LogP contribution in [0.15, 0.2) is 17.1 Å². The van der Waals surface area contributed by atoms with Crippen LogP contribution in [-0.4, -0.2) is 27.2 Å². The third-order valence-electron chi connectivity index (χ3n) is 4.45. The van der Waals surface area contributed by atoms with Crippen LogP contribution in [0.1, 0.15) is 52.1 Å². The number of aromatic nitrogens is 1. The minimum absolute atomic E-state index is 0.144. The first-order valence-corrected chi connectivity index (χ1v) is 8.13. The largest absolute Gasteiger partial charge is 0.503 e. The first kappa shape index (κ1) is 16.1. The van der Waals surface area contributed by atoms with Crippen LogP contribution in [0.2, 0.25) is 0 Å². The highest BCUT2D eigenvalue weighted by Gasteiger charge is 2.19. The van der Waals surface area contributed by atoms with E-state index in [0.717, 1.165) is 31.7 Å². The van der Waals surface area contributed by atoms with E-state index in [9.17, 15) is 9.90 Å². The molecule has 118 valence electrons. The Morgan fingerprint density at radius 1 is 1.38 bits per heavy atom. The normalized spacial score (nSPS) is 20.1. The Morgan fingerprint density at radius 2 is 2.14 bits per heavy atom. The maximum atomic E-state index is 11.8. The van der Waals surface area contributed by atoms with Gasteiger partial charge in [0.2, 0.25) is 5.43 Å². The maximum Gasteiger partial charge on any atom is 0.223 e. The highest BCUT2D eigenvalue weighted by atomic mass is 16.3. The summed E-state index contributed by atoms with van der Waals surface area (Å²) in [5.74, 6) is 0.461. The molecule has 1 fully saturated rings. The van der Waals surface area contributed by atoms with Gasteiger partial charge >= 0.3 is 0 Å². The lowest BCUT2D eigenvalue weighted by atomic mass is 10.0. The second kappa shape index (κ2) is 7.12. The van der Waals surface area contributed by atoms with Crippen molar-refractivity contribution in [2.24, 2.45) is 5.92 Å². The van der Waals surface area contributed by atoms with Crippen LogP contribution in [0.25, 0.3) is 0 Å². The van der Waals surface area contributed by atoms with E-state index in [0.29, 0.717) is 12.0 Å². The molecule has 4 nitrogen and oxygen atoms in total. The molecular formula is C17H28N2O2. The van der Waals surface area contributed by atoms with E-state index in [2.05, 4.69) is 30.2 Å². The van der Waals surface area contributed by atoms with Gasteiger partial charge in [-0.05, 0) is 38.6 Å². The molecule has 0 spiro atoms. The fourth-order valence-corrected chi connectivity index (χ4v) is 2.94. The highest BCUT2D eigenvalue weighted by Crippen LogP contribution is 2.19. The number of nitrogens with zero attached hydrogens (tertiary/aromatic N) is 2. The summed E-state index contributed by atoms with van der Waals surface area (Å²) in [7, 11) is 0. The summed E-state index contributed by atoms with van der Waals surface area (Å²) < 4.78 is 2.05. The minimum Gasteiger partial charge on any atom is -0.503 e. The zero-order valence-electron chi connectivity index (χ0n) is 13.5. The lowest BCUT2D eigenvalue weighted by Gasteiger charge is -2.34. The molecule has 1 N–H and O–H groups in total. The molecule has 0 aliphatic carbocycles. The van der Waals surface area contributed by atoms with E-state index >= 15 is 0 Å². The topological polar surface area (TPSA) is 45.5 Å². The zero-order chi connectivity index (χ0) is 15.4. The van der Waals surface area contributed by atoms with Gasteiger partial charge in [-0.1, -0.05) is 20.3 Å². The Hall–Kier alpha value is -1.29. The molecule has 1 saturated heterocycles. The fraction of sp³-hybridized carbons (Fsp3) is 0.706. The molecule has 0 bridgehead atoms. The molecule has 1 unspecified atom stereocenters. The van der Waals surface area contributed by atoms with Crippen molar-refractivity contribution < 1.29 is 5.11 Å². The van der Waals surface area contributed by atoms with Crippen molar-refractivity contribution >= 4 is 0 Å². The number of pyridine rings is 1. The lowest BCUT2D eigenvalue weighted by molar-refractivity contribution is 0.148. The van der Waals surface area contributed by atoms with Crippen molar-refractivity contribution in [3.05, 3.63) is 28.2 Å². The Kier molecular flexibility index (Phi) is 5.45. The summed E-state index contributed by atoms with van der Waals surface area (Å²) in [6.07, 6.45) is 6.42. The molecule has 1 aromatic heterocycles. The highest BCUT2D eigenvalue weighted by molar-refractivity contribution is 5.20. The van der Waals surface area contributed by atoms with Gasteiger partial charge in [-0.15, -0.1) is 0 Å². The smallest absolute Gasteiger partial charge is 0.223 e. The second-order valence-corrected chi connectivity index (χ2v) is 6.71. The fourth-order valence-electron chi connectivity index (χ4n) is 2.94. The minimum atomic E-state index is -0.268. The molecule has 1 aliphatic rings. The van der Waals surface area contributed by atoms with E-state index in [-0.39, 0.29) is 11.2 Å². The molecule has 0 saturated carbocycles. The Bertz CT molecular complexity index is 522. The molecule has 2 rings (SSSR count). The lowest BCUT2D eigenvalue weighted by Crippen LogP contribution is -2.37. The number of hydrogen-bond donors (Lipinski definition) is 1. The number of aryl methyl sites for hydroxylation is 1. The maximum absolute atomic E-state index is 11.8. The molecule has 1 atom stereocenters. The van der Waals surface area contributed by atoms with E-state index in [1.54, 1.807) is 12.3 Å². The summed E-state index contributed by atoms with van der Waals surface area (Å²) in [5.41, 5.74) is 0.752. The van der Waals surface area contributed by atoms with Crippen molar-refractivity contribution in [3.63, 3.8) is 0 Å². The van der Waals surface area contributed by atoms with Crippen LogP contribution in [-0.2, 0) is 13.1 Å². The second-order valence-electron chi connectivity index (χ2n) is 6.71. The van der Waals surface area contributed by atoms with Gasteiger partial charge in [0.15, 0.2) is 5.75 Å². The third-order valence-corrected chi connectivity index (χ3v) is 4.45. The monoisotopic (exact) mass is 292 g/mol. The van der Waals surface area contributed by atoms with Crippen molar-refractivity contribution in [1.29, 1.82) is 0 Å². The van der Waals surface area contributed by atoms with Crippen LogP contribution >= 0.6 is 0 Å². The van der Waals surface area contributed by atoms with Crippen LogP contribution in [0.5, 0.6) is 5.75 Å². The van der Waals surface area contributed by atoms with Gasteiger partial charge in [0, 0.05) is 30.9 Å². The van der Waals surface area contributed by atoms with Gasteiger partial charge in [0.05, 0.1) is 6.20 Å². The molecular weight excluding hydrogens is 264 g/mol. The summed E-state index contributed by atoms with van der Waals surface area (Å²) in [6.45, 7) is 9.39. The molecule has 2 heterocycles. The Balaban J connectivity index is 2.19. The molecule has 21 heavy (non-hydrogen) atoms. The summed E-state index contributed by atoms with van der Waals surface area (Å²) in [4.78, 5) is 14.2. The average Bonchev–Trinajstić information content (AvgIpc) is 2.43. The number of piperidine rings is 1. The predicted molar refractivity (Wildman–Crippen MR) is 85.5 cm³/mol. The molecule has 1 aliphatic heterocycles.